The molecule has 0 atom stereocenters. The number of aliphatic hydroxyl groups excluding tert-OH is 1. The Morgan fingerprint density at radius 2 is 1.73 bits per heavy atom. The van der Waals surface area contributed by atoms with Crippen molar-refractivity contribution in [2.24, 2.45) is 11.3 Å². The number of hydrogen-bond acceptors (Lipinski definition) is 11. The van der Waals surface area contributed by atoms with E-state index < -0.39 is 21.5 Å². The number of amides is 1. The SMILES string of the molecule is CC1(C)CCC(CN2CCN(c3ccc(C(=O)NS(=O)(=O)c4cnc(OC[C@H]5CC[C@](O)(CO)CC5)c(Cl)c4)c(Oc4cnc5[nH]ccc5c4)c3)CC2)=C(c2ccc(Cl)cc2)C1. The molecule has 13 nitrogen and oxygen atoms in total. The number of aromatic amines is 1. The second-order valence-electron chi connectivity index (χ2n) is 17.6. The first-order valence-electron chi connectivity index (χ1n) is 21.0. The molecule has 5 aromatic rings. The van der Waals surface area contributed by atoms with Gasteiger partial charge < -0.3 is 29.6 Å². The fourth-order valence-electron chi connectivity index (χ4n) is 8.61. The van der Waals surface area contributed by atoms with Crippen molar-refractivity contribution in [1.82, 2.24) is 24.6 Å². The molecule has 1 amide bonds. The molecule has 16 heteroatoms. The van der Waals surface area contributed by atoms with Crippen molar-refractivity contribution in [3.63, 3.8) is 0 Å². The normalized spacial score (nSPS) is 20.9. The molecular weight excluding hydrogens is 852 g/mol. The van der Waals surface area contributed by atoms with Gasteiger partial charge in [-0.05, 0) is 110 Å². The lowest BCUT2D eigenvalue weighted by Crippen LogP contribution is -2.47. The van der Waals surface area contributed by atoms with Crippen LogP contribution < -0.4 is 19.1 Å². The summed E-state index contributed by atoms with van der Waals surface area (Å²) in [7, 11) is -4.44. The van der Waals surface area contributed by atoms with Crippen LogP contribution in [0.5, 0.6) is 17.4 Å². The van der Waals surface area contributed by atoms with Crippen LogP contribution in [-0.4, -0.2) is 95.9 Å². The molecule has 1 saturated heterocycles. The van der Waals surface area contributed by atoms with Gasteiger partial charge in [0.1, 0.15) is 27.1 Å². The summed E-state index contributed by atoms with van der Waals surface area (Å²) in [5.74, 6) is -0.193. The van der Waals surface area contributed by atoms with Gasteiger partial charge in [0.15, 0.2) is 0 Å². The average molecular weight is 904 g/mol. The number of nitrogens with zero attached hydrogens (tertiary/aromatic N) is 4. The van der Waals surface area contributed by atoms with Crippen LogP contribution >= 0.6 is 23.2 Å². The number of benzene rings is 2. The molecule has 3 aromatic heterocycles. The molecule has 328 valence electrons. The average Bonchev–Trinajstić information content (AvgIpc) is 3.73. The predicted octanol–water partition coefficient (Wildman–Crippen LogP) is 8.25. The van der Waals surface area contributed by atoms with Gasteiger partial charge in [-0.25, -0.2) is 23.1 Å². The molecule has 8 rings (SSSR count). The number of H-pyrrole nitrogens is 1. The molecule has 62 heavy (non-hydrogen) atoms. The zero-order valence-corrected chi connectivity index (χ0v) is 37.2. The van der Waals surface area contributed by atoms with E-state index in [0.29, 0.717) is 37.1 Å². The van der Waals surface area contributed by atoms with Crippen LogP contribution in [0, 0.1) is 11.3 Å². The molecule has 2 aromatic carbocycles. The maximum absolute atomic E-state index is 13.9. The van der Waals surface area contributed by atoms with Gasteiger partial charge in [-0.3, -0.25) is 9.69 Å². The molecule has 0 radical (unpaired) electrons. The quantitative estimate of drug-likeness (QED) is 0.0898. The number of hydrogen-bond donors (Lipinski definition) is 4. The van der Waals surface area contributed by atoms with Crippen LogP contribution in [-0.2, 0) is 10.0 Å². The molecule has 0 bridgehead atoms. The zero-order chi connectivity index (χ0) is 43.6. The van der Waals surface area contributed by atoms with Crippen LogP contribution in [0.25, 0.3) is 16.6 Å². The Balaban J connectivity index is 0.968. The molecule has 2 aliphatic carbocycles. The number of fused-ring (bicyclic) bond motifs is 1. The molecule has 2 fully saturated rings. The summed E-state index contributed by atoms with van der Waals surface area (Å²) in [6.07, 6.45) is 9.82. The van der Waals surface area contributed by atoms with E-state index in [2.05, 4.69) is 55.5 Å². The summed E-state index contributed by atoms with van der Waals surface area (Å²) >= 11 is 12.7. The third kappa shape index (κ3) is 10.2. The Kier molecular flexibility index (Phi) is 12.9. The third-order valence-corrected chi connectivity index (χ3v) is 14.3. The lowest BCUT2D eigenvalue weighted by Gasteiger charge is -2.39. The van der Waals surface area contributed by atoms with E-state index in [-0.39, 0.29) is 51.7 Å². The van der Waals surface area contributed by atoms with Gasteiger partial charge in [-0.15, -0.1) is 0 Å². The highest BCUT2D eigenvalue weighted by Crippen LogP contribution is 2.43. The Morgan fingerprint density at radius 3 is 2.45 bits per heavy atom. The first kappa shape index (κ1) is 43.9. The number of carbonyl (C=O) groups excluding carboxylic acids is 1. The number of halogens is 2. The fourth-order valence-corrected chi connectivity index (χ4v) is 9.96. The highest BCUT2D eigenvalue weighted by Gasteiger charge is 2.33. The number of aliphatic hydroxyl groups is 2. The van der Waals surface area contributed by atoms with E-state index in [4.69, 9.17) is 32.7 Å². The number of ether oxygens (including phenoxy) is 2. The number of anilines is 1. The number of nitrogens with one attached hydrogen (secondary N) is 2. The summed E-state index contributed by atoms with van der Waals surface area (Å²) in [6.45, 7) is 8.71. The number of carbonyl (C=O) groups is 1. The lowest BCUT2D eigenvalue weighted by atomic mass is 9.72. The Morgan fingerprint density at radius 1 is 0.968 bits per heavy atom. The smallest absolute Gasteiger partial charge is 0.268 e. The van der Waals surface area contributed by atoms with Crippen LogP contribution in [0.4, 0.5) is 5.69 Å². The predicted molar refractivity (Wildman–Crippen MR) is 241 cm³/mol. The molecular formula is C46H52Cl2N6O7S. The number of aromatic nitrogens is 3. The minimum Gasteiger partial charge on any atom is -0.476 e. The first-order chi connectivity index (χ1) is 29.7. The van der Waals surface area contributed by atoms with Crippen LogP contribution in [0.3, 0.4) is 0 Å². The summed E-state index contributed by atoms with van der Waals surface area (Å²) < 4.78 is 41.5. The Hall–Kier alpha value is -4.70. The molecule has 0 unspecified atom stereocenters. The maximum atomic E-state index is 13.9. The van der Waals surface area contributed by atoms with Crippen molar-refractivity contribution in [1.29, 1.82) is 0 Å². The van der Waals surface area contributed by atoms with Gasteiger partial charge in [0.05, 0.1) is 36.8 Å². The van der Waals surface area contributed by atoms with Crippen molar-refractivity contribution in [2.75, 3.05) is 50.8 Å². The number of rotatable bonds is 13. The van der Waals surface area contributed by atoms with Crippen molar-refractivity contribution >= 4 is 61.4 Å². The summed E-state index contributed by atoms with van der Waals surface area (Å²) in [6, 6.07) is 18.2. The maximum Gasteiger partial charge on any atom is 0.268 e. The lowest BCUT2D eigenvalue weighted by molar-refractivity contribution is -0.0551. The van der Waals surface area contributed by atoms with Gasteiger partial charge in [0.25, 0.3) is 15.9 Å². The first-order valence-corrected chi connectivity index (χ1v) is 23.3. The molecule has 1 saturated carbocycles. The standard InChI is InChI=1S/C46H52Cl2N6O7S/c1-45(2)13-11-33(39(24-45)31-3-5-34(47)6-4-31)27-53-17-19-54(20-18-53)35-7-8-38(41(22-35)61-36-21-32-12-16-49-42(32)50-25-36)43(56)52-62(58,59)37-23-40(48)44(51-26-37)60-28-30-9-14-46(57,29-55)15-10-30/h3-8,12,16,21-23,25-26,30,55,57H,9-11,13-15,17-20,24,27-29H2,1-2H3,(H,49,50)(H,52,56)/t30-,46+. The van der Waals surface area contributed by atoms with Crippen LogP contribution in [0.15, 0.2) is 89.7 Å². The van der Waals surface area contributed by atoms with Gasteiger partial charge in [0.2, 0.25) is 5.88 Å². The monoisotopic (exact) mass is 902 g/mol. The molecule has 4 N–H and O–H groups in total. The second-order valence-corrected chi connectivity index (χ2v) is 20.1. The van der Waals surface area contributed by atoms with E-state index in [9.17, 15) is 23.4 Å². The van der Waals surface area contributed by atoms with E-state index in [0.717, 1.165) is 74.3 Å². The van der Waals surface area contributed by atoms with E-state index in [1.54, 1.807) is 30.6 Å². The van der Waals surface area contributed by atoms with Crippen molar-refractivity contribution in [3.05, 3.63) is 106 Å². The number of pyridine rings is 2. The number of piperazine rings is 1. The van der Waals surface area contributed by atoms with Gasteiger partial charge >= 0.3 is 0 Å². The zero-order valence-electron chi connectivity index (χ0n) is 34.9. The topological polar surface area (TPSA) is 170 Å². The van der Waals surface area contributed by atoms with Crippen LogP contribution in [0.2, 0.25) is 10.0 Å². The third-order valence-electron chi connectivity index (χ3n) is 12.4. The molecule has 3 aliphatic rings. The van der Waals surface area contributed by atoms with Crippen molar-refractivity contribution in [2.45, 2.75) is 69.3 Å². The fraction of sp³-hybridized carbons (Fsp3) is 0.413. The Bertz CT molecular complexity index is 2570. The Labute approximate surface area is 372 Å². The highest BCUT2D eigenvalue weighted by atomic mass is 35.5. The summed E-state index contributed by atoms with van der Waals surface area (Å²) in [5, 5.41) is 21.3. The number of allylic oxidation sites excluding steroid dienone is 1. The summed E-state index contributed by atoms with van der Waals surface area (Å²) in [5.41, 5.74) is 4.81. The summed E-state index contributed by atoms with van der Waals surface area (Å²) in [4.78, 5) is 29.9. The van der Waals surface area contributed by atoms with Gasteiger partial charge in [-0.1, -0.05) is 54.8 Å². The molecule has 0 spiro atoms. The van der Waals surface area contributed by atoms with Gasteiger partial charge in [-0.2, -0.15) is 0 Å². The van der Waals surface area contributed by atoms with Crippen molar-refractivity contribution in [3.8, 4) is 17.4 Å². The van der Waals surface area contributed by atoms with Gasteiger partial charge in [0, 0.05) is 61.1 Å². The largest absolute Gasteiger partial charge is 0.476 e. The second kappa shape index (κ2) is 18.2. The van der Waals surface area contributed by atoms with E-state index in [1.807, 2.05) is 24.3 Å². The van der Waals surface area contributed by atoms with E-state index in [1.165, 1.54) is 22.8 Å². The minimum absolute atomic E-state index is 0.00611. The highest BCUT2D eigenvalue weighted by molar-refractivity contribution is 7.90. The number of sulfonamides is 1. The minimum atomic E-state index is -4.44. The van der Waals surface area contributed by atoms with Crippen LogP contribution in [0.1, 0.15) is 74.7 Å². The molecule has 4 heterocycles. The van der Waals surface area contributed by atoms with Crippen molar-refractivity contribution < 1.29 is 32.9 Å². The van der Waals surface area contributed by atoms with E-state index >= 15 is 0 Å². The molecule has 1 aliphatic heterocycles.